The maximum Gasteiger partial charge on any atom is 0.215 e. The van der Waals surface area contributed by atoms with E-state index >= 15 is 0 Å². The summed E-state index contributed by atoms with van der Waals surface area (Å²) in [5.41, 5.74) is 0. The molecule has 0 aromatic rings. The topological polar surface area (TPSA) is 164 Å². The number of nitrogens with one attached hydrogen (secondary N) is 2. The Bertz CT molecular complexity index is 355. The molecule has 0 unspecified atom stereocenters. The standard InChI is InChI=1S/C6H12N2.2H2O4S/c1-2-8-5-3-7(1)4-6-8;2*1-5(2,3)4/h1-6H2;2*(H2,1,2,3,4). The Morgan fingerprint density at radius 2 is 0.778 bits per heavy atom. The van der Waals surface area contributed by atoms with Crippen LogP contribution < -0.4 is 9.80 Å². The summed E-state index contributed by atoms with van der Waals surface area (Å²) in [6, 6.07) is 0. The maximum absolute atomic E-state index is 8.63. The van der Waals surface area contributed by atoms with E-state index in [4.69, 9.17) is 35.0 Å². The Morgan fingerprint density at radius 1 is 0.667 bits per heavy atom. The van der Waals surface area contributed by atoms with Crippen molar-refractivity contribution in [3.05, 3.63) is 0 Å². The van der Waals surface area contributed by atoms with Gasteiger partial charge in [0.2, 0.25) is 20.8 Å². The molecule has 4 N–H and O–H groups in total. The van der Waals surface area contributed by atoms with Gasteiger partial charge in [-0.25, -0.2) is 16.8 Å². The molecule has 0 atom stereocenters. The van der Waals surface area contributed by atoms with Crippen LogP contribution in [0.1, 0.15) is 0 Å². The van der Waals surface area contributed by atoms with Crippen LogP contribution in [0.3, 0.4) is 0 Å². The van der Waals surface area contributed by atoms with Crippen LogP contribution in [0.25, 0.3) is 0 Å². The lowest BCUT2D eigenvalue weighted by atomic mass is 10.2. The fourth-order valence-electron chi connectivity index (χ4n) is 1.81. The Hall–Kier alpha value is -0.340. The first kappa shape index (κ1) is 17.7. The molecule has 0 amide bonds. The van der Waals surface area contributed by atoms with Gasteiger partial charge in [0.1, 0.15) is 39.3 Å². The fourth-order valence-corrected chi connectivity index (χ4v) is 1.81. The molecule has 0 aromatic heterocycles. The Balaban J connectivity index is 0.000000258. The van der Waals surface area contributed by atoms with Crippen molar-refractivity contribution < 1.29 is 44.8 Å². The minimum atomic E-state index is -4.92. The molecular formula is C6H16N2O8S2. The fraction of sp³-hybridized carbons (Fsp3) is 1.00. The van der Waals surface area contributed by atoms with E-state index in [9.17, 15) is 0 Å². The quantitative estimate of drug-likeness (QED) is 0.255. The highest BCUT2D eigenvalue weighted by atomic mass is 32.3. The molecule has 110 valence electrons. The van der Waals surface area contributed by atoms with Crippen LogP contribution in [0, 0.1) is 0 Å². The molecule has 0 saturated carbocycles. The SMILES string of the molecule is C1C[NH+]2CC[NH+]1CC2.O=S(=O)([O-])O.O=S(=O)([O-])O. The normalized spacial score (nSPS) is 26.4. The summed E-state index contributed by atoms with van der Waals surface area (Å²) in [5.74, 6) is 0. The molecule has 2 bridgehead atoms. The lowest BCUT2D eigenvalue weighted by Crippen LogP contribution is -3.35. The highest BCUT2D eigenvalue weighted by molar-refractivity contribution is 7.80. The number of fused-ring (bicyclic) bond motifs is 3. The van der Waals surface area contributed by atoms with Crippen LogP contribution in [0.5, 0.6) is 0 Å². The van der Waals surface area contributed by atoms with E-state index in [0.717, 1.165) is 0 Å². The minimum Gasteiger partial charge on any atom is -0.726 e. The lowest BCUT2D eigenvalue weighted by molar-refractivity contribution is -1.06. The second-order valence-electron chi connectivity index (χ2n) is 3.86. The van der Waals surface area contributed by atoms with Gasteiger partial charge in [-0.3, -0.25) is 9.11 Å². The molecule has 0 spiro atoms. The summed E-state index contributed by atoms with van der Waals surface area (Å²) < 4.78 is 65.7. The first-order chi connectivity index (χ1) is 7.95. The molecule has 0 aliphatic carbocycles. The molecule has 3 aliphatic heterocycles. The number of hydrogen-bond acceptors (Lipinski definition) is 6. The molecule has 12 heteroatoms. The maximum atomic E-state index is 8.63. The van der Waals surface area contributed by atoms with E-state index in [1.807, 2.05) is 9.80 Å². The summed E-state index contributed by atoms with van der Waals surface area (Å²) in [4.78, 5) is 3.69. The zero-order chi connectivity index (χ0) is 14.4. The smallest absolute Gasteiger partial charge is 0.215 e. The van der Waals surface area contributed by atoms with Crippen molar-refractivity contribution in [2.75, 3.05) is 39.3 Å². The van der Waals surface area contributed by atoms with Crippen LogP contribution in [-0.4, -0.2) is 74.3 Å². The summed E-state index contributed by atoms with van der Waals surface area (Å²) >= 11 is 0. The van der Waals surface area contributed by atoms with Crippen molar-refractivity contribution in [1.29, 1.82) is 0 Å². The highest BCUT2D eigenvalue weighted by Gasteiger charge is 2.29. The van der Waals surface area contributed by atoms with E-state index in [2.05, 4.69) is 0 Å². The van der Waals surface area contributed by atoms with Gasteiger partial charge in [0.25, 0.3) is 0 Å². The van der Waals surface area contributed by atoms with Gasteiger partial charge in [-0.15, -0.1) is 0 Å². The molecule has 0 radical (unpaired) electrons. The molecule has 3 heterocycles. The van der Waals surface area contributed by atoms with Crippen LogP contribution >= 0.6 is 0 Å². The van der Waals surface area contributed by atoms with Crippen molar-refractivity contribution in [1.82, 2.24) is 0 Å². The third-order valence-corrected chi connectivity index (χ3v) is 2.50. The van der Waals surface area contributed by atoms with Gasteiger partial charge in [0.15, 0.2) is 0 Å². The molecule has 10 nitrogen and oxygen atoms in total. The number of quaternary nitrogens is 2. The van der Waals surface area contributed by atoms with E-state index in [1.165, 1.54) is 39.3 Å². The second kappa shape index (κ2) is 7.30. The molecule has 3 aliphatic rings. The molecule has 3 rings (SSSR count). The molecule has 3 fully saturated rings. The first-order valence-electron chi connectivity index (χ1n) is 4.99. The molecule has 18 heavy (non-hydrogen) atoms. The summed E-state index contributed by atoms with van der Waals surface area (Å²) in [6.45, 7) is 8.64. The van der Waals surface area contributed by atoms with Crippen molar-refractivity contribution >= 4 is 20.8 Å². The number of piperazine rings is 3. The second-order valence-corrected chi connectivity index (χ2v) is 5.57. The van der Waals surface area contributed by atoms with Crippen LogP contribution in [0.4, 0.5) is 0 Å². The molecule has 3 saturated heterocycles. The summed E-state index contributed by atoms with van der Waals surface area (Å²) in [7, 11) is -9.83. The predicted molar refractivity (Wildman–Crippen MR) is 55.8 cm³/mol. The average Bonchev–Trinajstić information content (AvgIpc) is 2.15. The van der Waals surface area contributed by atoms with Gasteiger partial charge >= 0.3 is 0 Å². The van der Waals surface area contributed by atoms with E-state index in [0.29, 0.717) is 0 Å². The Labute approximate surface area is 105 Å². The number of rotatable bonds is 0. The van der Waals surface area contributed by atoms with Crippen molar-refractivity contribution in [2.45, 2.75) is 0 Å². The van der Waals surface area contributed by atoms with Crippen LogP contribution in [0.15, 0.2) is 0 Å². The highest BCUT2D eigenvalue weighted by Crippen LogP contribution is 1.64. The average molecular weight is 308 g/mol. The van der Waals surface area contributed by atoms with Crippen molar-refractivity contribution in [3.63, 3.8) is 0 Å². The minimum absolute atomic E-state index is 1.44. The summed E-state index contributed by atoms with van der Waals surface area (Å²) in [5, 5.41) is 0. The van der Waals surface area contributed by atoms with Gasteiger partial charge in [-0.1, -0.05) is 0 Å². The first-order valence-corrected chi connectivity index (χ1v) is 7.72. The monoisotopic (exact) mass is 308 g/mol. The Morgan fingerprint density at radius 3 is 0.833 bits per heavy atom. The zero-order valence-corrected chi connectivity index (χ0v) is 11.0. The van der Waals surface area contributed by atoms with Gasteiger partial charge in [0.05, 0.1) is 0 Å². The van der Waals surface area contributed by atoms with Crippen LogP contribution in [-0.2, 0) is 20.8 Å². The van der Waals surface area contributed by atoms with E-state index < -0.39 is 20.8 Å². The zero-order valence-electron chi connectivity index (χ0n) is 9.40. The van der Waals surface area contributed by atoms with Gasteiger partial charge in [-0.05, 0) is 0 Å². The van der Waals surface area contributed by atoms with Crippen molar-refractivity contribution in [2.24, 2.45) is 0 Å². The molecular weight excluding hydrogens is 292 g/mol. The van der Waals surface area contributed by atoms with Crippen LogP contribution in [0.2, 0.25) is 0 Å². The third-order valence-electron chi connectivity index (χ3n) is 2.50. The van der Waals surface area contributed by atoms with Gasteiger partial charge in [-0.2, -0.15) is 0 Å². The largest absolute Gasteiger partial charge is 0.726 e. The van der Waals surface area contributed by atoms with E-state index in [1.54, 1.807) is 0 Å². The van der Waals surface area contributed by atoms with Gasteiger partial charge in [0, 0.05) is 0 Å². The number of hydrogen-bond donors (Lipinski definition) is 4. The third kappa shape index (κ3) is 15.7. The lowest BCUT2D eigenvalue weighted by Gasteiger charge is -2.35. The Kier molecular flexibility index (Phi) is 7.16. The predicted octanol–water partition coefficient (Wildman–Crippen LogP) is -5.21. The molecule has 0 aromatic carbocycles. The van der Waals surface area contributed by atoms with E-state index in [-0.39, 0.29) is 0 Å². The van der Waals surface area contributed by atoms with Gasteiger partial charge < -0.3 is 18.9 Å². The summed E-state index contributed by atoms with van der Waals surface area (Å²) in [6.07, 6.45) is 0. The van der Waals surface area contributed by atoms with Crippen molar-refractivity contribution in [3.8, 4) is 0 Å².